The van der Waals surface area contributed by atoms with E-state index < -0.39 is 12.1 Å². The van der Waals surface area contributed by atoms with Crippen LogP contribution in [0, 0.1) is 0 Å². The average molecular weight is 293 g/mol. The zero-order valence-electron chi connectivity index (χ0n) is 12.0. The number of benzene rings is 1. The fourth-order valence-corrected chi connectivity index (χ4v) is 1.46. The van der Waals surface area contributed by atoms with Crippen LogP contribution in [0.15, 0.2) is 30.3 Å². The van der Waals surface area contributed by atoms with Gasteiger partial charge in [-0.2, -0.15) is 0 Å². The Labute approximate surface area is 123 Å². The first-order chi connectivity index (χ1) is 10.0. The molecule has 0 fully saturated rings. The first kappa shape index (κ1) is 16.7. The molecule has 1 amide bonds. The van der Waals surface area contributed by atoms with Crippen LogP contribution in [0.2, 0.25) is 0 Å². The third-order valence-electron chi connectivity index (χ3n) is 2.64. The molecule has 21 heavy (non-hydrogen) atoms. The minimum Gasteiger partial charge on any atom is -0.497 e. The molecule has 114 valence electrons. The molecule has 6 nitrogen and oxygen atoms in total. The first-order valence-corrected chi connectivity index (χ1v) is 6.47. The Morgan fingerprint density at radius 1 is 1.43 bits per heavy atom. The molecule has 0 aliphatic heterocycles. The largest absolute Gasteiger partial charge is 0.497 e. The molecule has 0 aliphatic rings. The van der Waals surface area contributed by atoms with Crippen molar-refractivity contribution in [1.29, 1.82) is 0 Å². The summed E-state index contributed by atoms with van der Waals surface area (Å²) in [5, 5.41) is 11.2. The van der Waals surface area contributed by atoms with E-state index in [0.717, 1.165) is 5.56 Å². The summed E-state index contributed by atoms with van der Waals surface area (Å²) in [6.45, 7) is 1.83. The van der Waals surface area contributed by atoms with Gasteiger partial charge in [0.25, 0.3) is 0 Å². The maximum absolute atomic E-state index is 11.5. The number of carbonyl (C=O) groups excluding carboxylic acids is 1. The molecule has 0 saturated heterocycles. The number of carbonyl (C=O) groups is 2. The number of carboxylic acid groups (broad SMARTS) is 1. The van der Waals surface area contributed by atoms with E-state index in [1.165, 1.54) is 13.0 Å². The van der Waals surface area contributed by atoms with Crippen LogP contribution >= 0.6 is 0 Å². The van der Waals surface area contributed by atoms with Crippen LogP contribution in [-0.2, 0) is 14.3 Å². The van der Waals surface area contributed by atoms with Crippen molar-refractivity contribution in [3.63, 3.8) is 0 Å². The lowest BCUT2D eigenvalue weighted by Crippen LogP contribution is -2.29. The zero-order valence-corrected chi connectivity index (χ0v) is 12.0. The molecule has 1 unspecified atom stereocenters. The Morgan fingerprint density at radius 3 is 2.86 bits per heavy atom. The number of amides is 1. The molecule has 1 aromatic carbocycles. The van der Waals surface area contributed by atoms with E-state index in [-0.39, 0.29) is 19.1 Å². The van der Waals surface area contributed by atoms with Crippen LogP contribution in [0.3, 0.4) is 0 Å². The summed E-state index contributed by atoms with van der Waals surface area (Å²) >= 11 is 0. The number of hydrogen-bond donors (Lipinski definition) is 2. The van der Waals surface area contributed by atoms with Gasteiger partial charge >= 0.3 is 5.97 Å². The van der Waals surface area contributed by atoms with E-state index in [1.54, 1.807) is 19.3 Å². The van der Waals surface area contributed by atoms with Gasteiger partial charge < -0.3 is 19.9 Å². The summed E-state index contributed by atoms with van der Waals surface area (Å²) in [4.78, 5) is 22.1. The number of hydrogen-bond acceptors (Lipinski definition) is 4. The summed E-state index contributed by atoms with van der Waals surface area (Å²) in [6.07, 6.45) is 2.18. The van der Waals surface area contributed by atoms with E-state index >= 15 is 0 Å². The highest BCUT2D eigenvalue weighted by Gasteiger charge is 2.09. The first-order valence-electron chi connectivity index (χ1n) is 6.47. The maximum atomic E-state index is 11.5. The van der Waals surface area contributed by atoms with Gasteiger partial charge in [0.05, 0.1) is 13.7 Å². The van der Waals surface area contributed by atoms with E-state index in [0.29, 0.717) is 5.75 Å². The second-order valence-electron chi connectivity index (χ2n) is 4.25. The molecule has 1 aromatic rings. The highest BCUT2D eigenvalue weighted by molar-refractivity contribution is 5.91. The van der Waals surface area contributed by atoms with Crippen molar-refractivity contribution in [1.82, 2.24) is 5.32 Å². The van der Waals surface area contributed by atoms with E-state index in [4.69, 9.17) is 14.6 Å². The lowest BCUT2D eigenvalue weighted by Gasteiger charge is -2.08. The van der Waals surface area contributed by atoms with Crippen LogP contribution in [0.1, 0.15) is 12.5 Å². The summed E-state index contributed by atoms with van der Waals surface area (Å²) in [7, 11) is 1.58. The molecule has 0 spiro atoms. The molecule has 0 bridgehead atoms. The van der Waals surface area contributed by atoms with Crippen LogP contribution in [0.4, 0.5) is 0 Å². The number of methoxy groups -OCH3 is 1. The average Bonchev–Trinajstić information content (AvgIpc) is 2.49. The molecule has 1 atom stereocenters. The predicted molar refractivity (Wildman–Crippen MR) is 78.1 cm³/mol. The number of ether oxygens (including phenoxy) is 2. The Balaban J connectivity index is 2.33. The van der Waals surface area contributed by atoms with Crippen molar-refractivity contribution in [2.75, 3.05) is 20.3 Å². The molecular weight excluding hydrogens is 274 g/mol. The van der Waals surface area contributed by atoms with Crippen molar-refractivity contribution >= 4 is 18.0 Å². The molecule has 2 N–H and O–H groups in total. The van der Waals surface area contributed by atoms with Gasteiger partial charge in [0, 0.05) is 12.6 Å². The zero-order chi connectivity index (χ0) is 15.7. The van der Waals surface area contributed by atoms with Crippen LogP contribution in [0.5, 0.6) is 5.75 Å². The van der Waals surface area contributed by atoms with Crippen molar-refractivity contribution < 1.29 is 24.2 Å². The SMILES string of the molecule is COc1cccc(/C=C/C(=O)NCCOC(C)C(=O)O)c1. The monoisotopic (exact) mass is 293 g/mol. The molecule has 0 saturated carbocycles. The van der Waals surface area contributed by atoms with Crippen LogP contribution in [-0.4, -0.2) is 43.3 Å². The minimum absolute atomic E-state index is 0.145. The molecule has 0 heterocycles. The van der Waals surface area contributed by atoms with E-state index in [9.17, 15) is 9.59 Å². The summed E-state index contributed by atoms with van der Waals surface area (Å²) in [5.41, 5.74) is 0.847. The van der Waals surface area contributed by atoms with Gasteiger partial charge in [-0.25, -0.2) is 4.79 Å². The topological polar surface area (TPSA) is 84.9 Å². The second kappa shape index (κ2) is 8.76. The third kappa shape index (κ3) is 6.58. The van der Waals surface area contributed by atoms with Crippen molar-refractivity contribution in [2.24, 2.45) is 0 Å². The van der Waals surface area contributed by atoms with Gasteiger partial charge in [0.1, 0.15) is 5.75 Å². The number of nitrogens with one attached hydrogen (secondary N) is 1. The second-order valence-corrected chi connectivity index (χ2v) is 4.25. The summed E-state index contributed by atoms with van der Waals surface area (Å²) in [6, 6.07) is 7.31. The fraction of sp³-hybridized carbons (Fsp3) is 0.333. The van der Waals surface area contributed by atoms with Gasteiger partial charge in [0.2, 0.25) is 5.91 Å². The lowest BCUT2D eigenvalue weighted by atomic mass is 10.2. The highest BCUT2D eigenvalue weighted by atomic mass is 16.5. The van der Waals surface area contributed by atoms with Gasteiger partial charge in [0.15, 0.2) is 6.10 Å². The third-order valence-corrected chi connectivity index (χ3v) is 2.64. The highest BCUT2D eigenvalue weighted by Crippen LogP contribution is 2.13. The van der Waals surface area contributed by atoms with Crippen molar-refractivity contribution in [2.45, 2.75) is 13.0 Å². The maximum Gasteiger partial charge on any atom is 0.332 e. The standard InChI is InChI=1S/C15H19NO5/c1-11(15(18)19)21-9-8-16-14(17)7-6-12-4-3-5-13(10-12)20-2/h3-7,10-11H,8-9H2,1-2H3,(H,16,17)(H,18,19)/b7-6+. The van der Waals surface area contributed by atoms with Gasteiger partial charge in [-0.3, -0.25) is 4.79 Å². The Bertz CT molecular complexity index is 513. The Hall–Kier alpha value is -2.34. The lowest BCUT2D eigenvalue weighted by molar-refractivity contribution is -0.148. The van der Waals surface area contributed by atoms with E-state index in [1.807, 2.05) is 18.2 Å². The van der Waals surface area contributed by atoms with Crippen molar-refractivity contribution in [3.05, 3.63) is 35.9 Å². The van der Waals surface area contributed by atoms with Crippen LogP contribution in [0.25, 0.3) is 6.08 Å². The summed E-state index contributed by atoms with van der Waals surface area (Å²) in [5.74, 6) is -0.586. The molecule has 6 heteroatoms. The Morgan fingerprint density at radius 2 is 2.19 bits per heavy atom. The molecule has 0 aliphatic carbocycles. The fourth-order valence-electron chi connectivity index (χ4n) is 1.46. The Kier molecular flexibility index (Phi) is 6.97. The number of carboxylic acids is 1. The van der Waals surface area contributed by atoms with E-state index in [2.05, 4.69) is 5.32 Å². The summed E-state index contributed by atoms with van der Waals surface area (Å²) < 4.78 is 10.1. The van der Waals surface area contributed by atoms with Crippen molar-refractivity contribution in [3.8, 4) is 5.75 Å². The molecule has 0 radical (unpaired) electrons. The molecule has 0 aromatic heterocycles. The predicted octanol–water partition coefficient (Wildman–Crippen LogP) is 1.31. The molecular formula is C15H19NO5. The quantitative estimate of drug-likeness (QED) is 0.557. The molecule has 1 rings (SSSR count). The normalized spacial score (nSPS) is 12.1. The van der Waals surface area contributed by atoms with Gasteiger partial charge in [-0.1, -0.05) is 12.1 Å². The van der Waals surface area contributed by atoms with Crippen LogP contribution < -0.4 is 10.1 Å². The smallest absolute Gasteiger partial charge is 0.332 e. The van der Waals surface area contributed by atoms with Gasteiger partial charge in [-0.05, 0) is 30.7 Å². The number of aliphatic carboxylic acids is 1. The number of rotatable bonds is 8. The van der Waals surface area contributed by atoms with Gasteiger partial charge in [-0.15, -0.1) is 0 Å². The minimum atomic E-state index is -1.03.